The van der Waals surface area contributed by atoms with Crippen molar-refractivity contribution in [1.29, 1.82) is 0 Å². The number of hydrogen-bond donors (Lipinski definition) is 1. The molecule has 0 saturated heterocycles. The molecule has 0 atom stereocenters. The number of nitrogens with zero attached hydrogens (tertiary/aromatic N) is 3. The van der Waals surface area contributed by atoms with Crippen LogP contribution in [0.2, 0.25) is 4.34 Å². The molecule has 6 nitrogen and oxygen atoms in total. The van der Waals surface area contributed by atoms with Gasteiger partial charge in [0.1, 0.15) is 0 Å². The molecule has 0 saturated carbocycles. The van der Waals surface area contributed by atoms with E-state index in [0.29, 0.717) is 16.0 Å². The van der Waals surface area contributed by atoms with Gasteiger partial charge >= 0.3 is 5.69 Å². The van der Waals surface area contributed by atoms with Crippen LogP contribution >= 0.6 is 34.3 Å². The number of fused-ring (bicyclic) bond motifs is 1. The Morgan fingerprint density at radius 1 is 1.22 bits per heavy atom. The molecule has 1 N–H and O–H groups in total. The van der Waals surface area contributed by atoms with Crippen LogP contribution in [0.4, 0.5) is 5.13 Å². The van der Waals surface area contributed by atoms with Crippen molar-refractivity contribution in [3.8, 4) is 10.6 Å². The van der Waals surface area contributed by atoms with Gasteiger partial charge in [0.15, 0.2) is 5.13 Å². The van der Waals surface area contributed by atoms with E-state index >= 15 is 0 Å². The number of amides is 1. The van der Waals surface area contributed by atoms with Gasteiger partial charge in [0, 0.05) is 25.4 Å². The van der Waals surface area contributed by atoms with Crippen LogP contribution in [0.1, 0.15) is 6.42 Å². The molecule has 0 fully saturated rings. The molecule has 0 aliphatic carbocycles. The molecule has 27 heavy (non-hydrogen) atoms. The first-order valence-electron chi connectivity index (χ1n) is 8.18. The van der Waals surface area contributed by atoms with E-state index in [-0.39, 0.29) is 18.0 Å². The number of aryl methyl sites for hydroxylation is 2. The fourth-order valence-electron chi connectivity index (χ4n) is 2.87. The molecule has 1 amide bonds. The van der Waals surface area contributed by atoms with Gasteiger partial charge in [-0.25, -0.2) is 9.78 Å². The summed E-state index contributed by atoms with van der Waals surface area (Å²) in [6.45, 7) is 0.310. The van der Waals surface area contributed by atoms with E-state index < -0.39 is 0 Å². The number of thiazole rings is 1. The van der Waals surface area contributed by atoms with Crippen LogP contribution in [0.15, 0.2) is 46.6 Å². The number of thiophene rings is 1. The summed E-state index contributed by atoms with van der Waals surface area (Å²) in [6, 6.07) is 11.3. The first-order chi connectivity index (χ1) is 13.0. The summed E-state index contributed by atoms with van der Waals surface area (Å²) in [5, 5.41) is 5.22. The summed E-state index contributed by atoms with van der Waals surface area (Å²) in [6.07, 6.45) is 0.188. The lowest BCUT2D eigenvalue weighted by atomic mass is 10.3. The number of aromatic nitrogens is 3. The predicted octanol–water partition coefficient (Wildman–Crippen LogP) is 4.21. The molecule has 138 valence electrons. The number of imidazole rings is 1. The molecule has 0 radical (unpaired) electrons. The third-order valence-electron chi connectivity index (χ3n) is 4.19. The first kappa shape index (κ1) is 18.0. The van der Waals surface area contributed by atoms with Crippen LogP contribution in [0, 0.1) is 0 Å². The Hall–Kier alpha value is -2.42. The Kier molecular flexibility index (Phi) is 4.86. The minimum atomic E-state index is -0.181. The molecule has 0 unspecified atom stereocenters. The van der Waals surface area contributed by atoms with Gasteiger partial charge < -0.3 is 5.32 Å². The van der Waals surface area contributed by atoms with Gasteiger partial charge in [-0.05, 0) is 24.3 Å². The Morgan fingerprint density at radius 2 is 2.00 bits per heavy atom. The lowest BCUT2D eigenvalue weighted by Gasteiger charge is -2.03. The van der Waals surface area contributed by atoms with Gasteiger partial charge in [-0.2, -0.15) is 0 Å². The molecule has 4 rings (SSSR count). The molecule has 0 aliphatic rings. The number of halogens is 1. The maximum atomic E-state index is 12.4. The highest BCUT2D eigenvalue weighted by Crippen LogP contribution is 2.32. The van der Waals surface area contributed by atoms with Crippen molar-refractivity contribution in [3.63, 3.8) is 0 Å². The third kappa shape index (κ3) is 3.55. The number of rotatable bonds is 5. The number of para-hydroxylation sites is 2. The maximum absolute atomic E-state index is 12.4. The van der Waals surface area contributed by atoms with Crippen LogP contribution < -0.4 is 11.0 Å². The second kappa shape index (κ2) is 7.30. The average molecular weight is 419 g/mol. The van der Waals surface area contributed by atoms with Crippen LogP contribution in [0.25, 0.3) is 21.6 Å². The molecule has 0 spiro atoms. The number of carbonyl (C=O) groups is 1. The third-order valence-corrected chi connectivity index (χ3v) is 6.20. The summed E-state index contributed by atoms with van der Waals surface area (Å²) in [5.41, 5.74) is 2.33. The predicted molar refractivity (Wildman–Crippen MR) is 111 cm³/mol. The van der Waals surface area contributed by atoms with Gasteiger partial charge in [0.25, 0.3) is 0 Å². The standard InChI is InChI=1S/C18H15ClN4O2S2/c1-22-12-4-2-3-5-13(12)23(18(22)25)9-8-16(24)21-17-20-11(10-26-17)14-6-7-15(19)27-14/h2-7,10H,8-9H2,1H3,(H,20,21,24). The van der Waals surface area contributed by atoms with Crippen molar-refractivity contribution < 1.29 is 4.79 Å². The fourth-order valence-corrected chi connectivity index (χ4v) is 4.68. The quantitative estimate of drug-likeness (QED) is 0.528. The largest absolute Gasteiger partial charge is 0.328 e. The molecule has 9 heteroatoms. The number of benzene rings is 1. The zero-order valence-corrected chi connectivity index (χ0v) is 16.7. The molecule has 3 heterocycles. The Bertz CT molecular complexity index is 1190. The van der Waals surface area contributed by atoms with Crippen molar-refractivity contribution in [2.45, 2.75) is 13.0 Å². The van der Waals surface area contributed by atoms with Crippen LogP contribution in [-0.4, -0.2) is 20.0 Å². The van der Waals surface area contributed by atoms with Crippen molar-refractivity contribution in [2.24, 2.45) is 7.05 Å². The minimum Gasteiger partial charge on any atom is -0.302 e. The first-order valence-corrected chi connectivity index (χ1v) is 10.3. The van der Waals surface area contributed by atoms with Crippen LogP contribution in [-0.2, 0) is 18.4 Å². The molecule has 4 aromatic rings. The van der Waals surface area contributed by atoms with Crippen LogP contribution in [0.5, 0.6) is 0 Å². The smallest absolute Gasteiger partial charge is 0.302 e. The molecule has 0 bridgehead atoms. The molecule has 1 aromatic carbocycles. The summed E-state index contributed by atoms with van der Waals surface area (Å²) in [4.78, 5) is 30.1. The van der Waals surface area contributed by atoms with Crippen molar-refractivity contribution in [2.75, 3.05) is 5.32 Å². The number of anilines is 1. The highest BCUT2D eigenvalue weighted by molar-refractivity contribution is 7.20. The van der Waals surface area contributed by atoms with Crippen molar-refractivity contribution in [3.05, 3.63) is 56.6 Å². The second-order valence-corrected chi connectivity index (χ2v) is 8.49. The SMILES string of the molecule is Cn1c(=O)n(CCC(=O)Nc2nc(-c3ccc(Cl)s3)cs2)c2ccccc21. The Labute approximate surface area is 167 Å². The highest BCUT2D eigenvalue weighted by atomic mass is 35.5. The van der Waals surface area contributed by atoms with Gasteiger partial charge in [0.2, 0.25) is 5.91 Å². The Balaban J connectivity index is 1.45. The van der Waals surface area contributed by atoms with E-state index in [0.717, 1.165) is 21.6 Å². The summed E-state index contributed by atoms with van der Waals surface area (Å²) in [5.74, 6) is -0.181. The topological polar surface area (TPSA) is 68.9 Å². The number of carbonyl (C=O) groups excluding carboxylic acids is 1. The van der Waals surface area contributed by atoms with E-state index in [1.165, 1.54) is 22.7 Å². The Morgan fingerprint density at radius 3 is 2.74 bits per heavy atom. The van der Waals surface area contributed by atoms with Gasteiger partial charge in [0.05, 0.1) is 25.9 Å². The van der Waals surface area contributed by atoms with E-state index in [1.807, 2.05) is 41.8 Å². The van der Waals surface area contributed by atoms with E-state index in [4.69, 9.17) is 11.6 Å². The van der Waals surface area contributed by atoms with E-state index in [2.05, 4.69) is 10.3 Å². The summed E-state index contributed by atoms with van der Waals surface area (Å²) in [7, 11) is 1.73. The molecule has 3 aromatic heterocycles. The van der Waals surface area contributed by atoms with Gasteiger partial charge in [-0.1, -0.05) is 23.7 Å². The molecule has 0 aliphatic heterocycles. The van der Waals surface area contributed by atoms with Gasteiger partial charge in [-0.15, -0.1) is 22.7 Å². The lowest BCUT2D eigenvalue weighted by molar-refractivity contribution is -0.116. The monoisotopic (exact) mass is 418 g/mol. The van der Waals surface area contributed by atoms with E-state index in [1.54, 1.807) is 16.2 Å². The molecular formula is C18H15ClN4O2S2. The fraction of sp³-hybridized carbons (Fsp3) is 0.167. The summed E-state index contributed by atoms with van der Waals surface area (Å²) >= 11 is 8.76. The minimum absolute atomic E-state index is 0.130. The zero-order chi connectivity index (χ0) is 19.0. The van der Waals surface area contributed by atoms with Crippen molar-refractivity contribution in [1.82, 2.24) is 14.1 Å². The lowest BCUT2D eigenvalue weighted by Crippen LogP contribution is -2.24. The average Bonchev–Trinajstić information content (AvgIpc) is 3.35. The van der Waals surface area contributed by atoms with Gasteiger partial charge in [-0.3, -0.25) is 13.9 Å². The summed E-state index contributed by atoms with van der Waals surface area (Å²) < 4.78 is 3.91. The normalized spacial score (nSPS) is 11.2. The zero-order valence-electron chi connectivity index (χ0n) is 14.3. The van der Waals surface area contributed by atoms with Crippen LogP contribution in [0.3, 0.4) is 0 Å². The number of nitrogens with one attached hydrogen (secondary N) is 1. The second-order valence-electron chi connectivity index (χ2n) is 5.92. The van der Waals surface area contributed by atoms with E-state index in [9.17, 15) is 9.59 Å². The molecular weight excluding hydrogens is 404 g/mol. The number of hydrogen-bond acceptors (Lipinski definition) is 5. The maximum Gasteiger partial charge on any atom is 0.328 e. The van der Waals surface area contributed by atoms with Crippen molar-refractivity contribution >= 4 is 56.3 Å². The highest BCUT2D eigenvalue weighted by Gasteiger charge is 2.13.